The van der Waals surface area contributed by atoms with E-state index in [0.717, 1.165) is 13.5 Å². The summed E-state index contributed by atoms with van der Waals surface area (Å²) in [5, 5.41) is 3.03. The molecule has 0 aromatic rings. The fourth-order valence-electron chi connectivity index (χ4n) is 1.48. The standard InChI is InChI=1S/C9H15F3N2O.ClH/c1-7(9(10,11)12)8(15)14-5-2-3-13-4-6-14;/h7,13H,2-6H2,1H3;1H. The molecule has 1 aliphatic heterocycles. The van der Waals surface area contributed by atoms with Gasteiger partial charge in [-0.2, -0.15) is 13.2 Å². The molecule has 1 rings (SSSR count). The predicted molar refractivity (Wildman–Crippen MR) is 56.5 cm³/mol. The number of hydrogen-bond donors (Lipinski definition) is 1. The highest BCUT2D eigenvalue weighted by Gasteiger charge is 2.42. The number of halogens is 4. The summed E-state index contributed by atoms with van der Waals surface area (Å²) in [5.74, 6) is -2.71. The lowest BCUT2D eigenvalue weighted by Crippen LogP contribution is -2.42. The number of rotatable bonds is 1. The Hall–Kier alpha value is -0.490. The smallest absolute Gasteiger partial charge is 0.341 e. The minimum absolute atomic E-state index is 0. The second-order valence-electron chi connectivity index (χ2n) is 3.69. The first-order chi connectivity index (χ1) is 6.93. The summed E-state index contributed by atoms with van der Waals surface area (Å²) < 4.78 is 36.9. The van der Waals surface area contributed by atoms with E-state index in [2.05, 4.69) is 5.32 Å². The number of hydrogen-bond acceptors (Lipinski definition) is 2. The van der Waals surface area contributed by atoms with E-state index < -0.39 is 18.0 Å². The van der Waals surface area contributed by atoms with Crippen molar-refractivity contribution in [2.45, 2.75) is 19.5 Å². The zero-order valence-corrected chi connectivity index (χ0v) is 9.83. The highest BCUT2D eigenvalue weighted by Crippen LogP contribution is 2.27. The van der Waals surface area contributed by atoms with E-state index in [-0.39, 0.29) is 12.4 Å². The van der Waals surface area contributed by atoms with Crippen LogP contribution in [0.2, 0.25) is 0 Å². The zero-order valence-electron chi connectivity index (χ0n) is 9.01. The molecule has 0 bridgehead atoms. The van der Waals surface area contributed by atoms with Gasteiger partial charge in [-0.15, -0.1) is 12.4 Å². The second kappa shape index (κ2) is 6.30. The topological polar surface area (TPSA) is 32.3 Å². The van der Waals surface area contributed by atoms with Gasteiger partial charge in [0.25, 0.3) is 0 Å². The number of alkyl halides is 3. The first-order valence-corrected chi connectivity index (χ1v) is 4.99. The Labute approximate surface area is 98.8 Å². The van der Waals surface area contributed by atoms with Gasteiger partial charge in [0.05, 0.1) is 0 Å². The fraction of sp³-hybridized carbons (Fsp3) is 0.889. The summed E-state index contributed by atoms with van der Waals surface area (Å²) in [6.45, 7) is 3.01. The first kappa shape index (κ1) is 15.5. The molecular weight excluding hydrogens is 245 g/mol. The summed E-state index contributed by atoms with van der Waals surface area (Å²) in [5.41, 5.74) is 0. The van der Waals surface area contributed by atoms with Crippen molar-refractivity contribution in [3.63, 3.8) is 0 Å². The van der Waals surface area contributed by atoms with Crippen molar-refractivity contribution in [2.24, 2.45) is 5.92 Å². The maximum Gasteiger partial charge on any atom is 0.400 e. The molecule has 0 radical (unpaired) electrons. The Morgan fingerprint density at radius 2 is 1.94 bits per heavy atom. The molecular formula is C9H16ClF3N2O. The molecule has 1 amide bonds. The Morgan fingerprint density at radius 1 is 1.31 bits per heavy atom. The molecule has 1 atom stereocenters. The molecule has 1 unspecified atom stereocenters. The SMILES string of the molecule is CC(C(=O)N1CCCNCC1)C(F)(F)F.Cl. The summed E-state index contributed by atoms with van der Waals surface area (Å²) in [4.78, 5) is 12.8. The molecule has 0 aliphatic carbocycles. The van der Waals surface area contributed by atoms with Crippen LogP contribution in [0.3, 0.4) is 0 Å². The monoisotopic (exact) mass is 260 g/mol. The van der Waals surface area contributed by atoms with Crippen LogP contribution in [0.15, 0.2) is 0 Å². The third-order valence-corrected chi connectivity index (χ3v) is 2.51. The van der Waals surface area contributed by atoms with Crippen molar-refractivity contribution in [1.82, 2.24) is 10.2 Å². The third-order valence-electron chi connectivity index (χ3n) is 2.51. The summed E-state index contributed by atoms with van der Waals surface area (Å²) in [6.07, 6.45) is -3.73. The highest BCUT2D eigenvalue weighted by molar-refractivity contribution is 5.85. The van der Waals surface area contributed by atoms with Gasteiger partial charge in [0.1, 0.15) is 5.92 Å². The van der Waals surface area contributed by atoms with E-state index in [0.29, 0.717) is 26.1 Å². The number of nitrogens with one attached hydrogen (secondary N) is 1. The van der Waals surface area contributed by atoms with E-state index in [1.54, 1.807) is 0 Å². The van der Waals surface area contributed by atoms with Crippen LogP contribution in [0.25, 0.3) is 0 Å². The van der Waals surface area contributed by atoms with Crippen molar-refractivity contribution in [2.75, 3.05) is 26.2 Å². The molecule has 16 heavy (non-hydrogen) atoms. The fourth-order valence-corrected chi connectivity index (χ4v) is 1.48. The first-order valence-electron chi connectivity index (χ1n) is 4.99. The van der Waals surface area contributed by atoms with Crippen LogP contribution in [-0.2, 0) is 4.79 Å². The highest BCUT2D eigenvalue weighted by atomic mass is 35.5. The predicted octanol–water partition coefficient (Wildman–Crippen LogP) is 1.43. The van der Waals surface area contributed by atoms with Crippen LogP contribution in [0.4, 0.5) is 13.2 Å². The van der Waals surface area contributed by atoms with Crippen molar-refractivity contribution in [3.8, 4) is 0 Å². The second-order valence-corrected chi connectivity index (χ2v) is 3.69. The quantitative estimate of drug-likeness (QED) is 0.774. The molecule has 1 N–H and O–H groups in total. The Morgan fingerprint density at radius 3 is 2.50 bits per heavy atom. The molecule has 1 fully saturated rings. The minimum atomic E-state index is -4.43. The van der Waals surface area contributed by atoms with E-state index in [4.69, 9.17) is 0 Å². The Bertz CT molecular complexity index is 227. The van der Waals surface area contributed by atoms with Gasteiger partial charge in [0, 0.05) is 19.6 Å². The number of nitrogens with zero attached hydrogens (tertiary/aromatic N) is 1. The molecule has 96 valence electrons. The molecule has 1 heterocycles. The van der Waals surface area contributed by atoms with Crippen LogP contribution in [0.1, 0.15) is 13.3 Å². The van der Waals surface area contributed by atoms with Crippen LogP contribution in [-0.4, -0.2) is 43.2 Å². The third kappa shape index (κ3) is 4.17. The van der Waals surface area contributed by atoms with Gasteiger partial charge >= 0.3 is 6.18 Å². The van der Waals surface area contributed by atoms with Gasteiger partial charge in [-0.05, 0) is 19.9 Å². The molecule has 0 saturated carbocycles. The van der Waals surface area contributed by atoms with Crippen LogP contribution in [0.5, 0.6) is 0 Å². The molecule has 3 nitrogen and oxygen atoms in total. The molecule has 1 aliphatic rings. The maximum atomic E-state index is 12.3. The average molecular weight is 261 g/mol. The Kier molecular flexibility index (Phi) is 6.10. The molecule has 1 saturated heterocycles. The van der Waals surface area contributed by atoms with Crippen molar-refractivity contribution < 1.29 is 18.0 Å². The summed E-state index contributed by atoms with van der Waals surface area (Å²) >= 11 is 0. The van der Waals surface area contributed by atoms with Gasteiger partial charge in [0.15, 0.2) is 0 Å². The van der Waals surface area contributed by atoms with Crippen molar-refractivity contribution in [1.29, 1.82) is 0 Å². The van der Waals surface area contributed by atoms with Gasteiger partial charge < -0.3 is 10.2 Å². The lowest BCUT2D eigenvalue weighted by molar-refractivity contribution is -0.185. The molecule has 0 aromatic heterocycles. The molecule has 0 aromatic carbocycles. The van der Waals surface area contributed by atoms with Gasteiger partial charge in [-0.25, -0.2) is 0 Å². The van der Waals surface area contributed by atoms with E-state index >= 15 is 0 Å². The largest absolute Gasteiger partial charge is 0.400 e. The minimum Gasteiger partial charge on any atom is -0.341 e. The average Bonchev–Trinajstić information content (AvgIpc) is 2.42. The van der Waals surface area contributed by atoms with Gasteiger partial charge in [-0.3, -0.25) is 4.79 Å². The van der Waals surface area contributed by atoms with E-state index in [1.165, 1.54) is 4.90 Å². The van der Waals surface area contributed by atoms with Crippen molar-refractivity contribution in [3.05, 3.63) is 0 Å². The van der Waals surface area contributed by atoms with Crippen LogP contribution in [0, 0.1) is 5.92 Å². The van der Waals surface area contributed by atoms with Crippen LogP contribution >= 0.6 is 12.4 Å². The number of carbonyl (C=O) groups is 1. The summed E-state index contributed by atoms with van der Waals surface area (Å²) in [6, 6.07) is 0. The lowest BCUT2D eigenvalue weighted by atomic mass is 10.1. The van der Waals surface area contributed by atoms with Crippen molar-refractivity contribution >= 4 is 18.3 Å². The van der Waals surface area contributed by atoms with Gasteiger partial charge in [-0.1, -0.05) is 0 Å². The van der Waals surface area contributed by atoms with Crippen LogP contribution < -0.4 is 5.32 Å². The number of carbonyl (C=O) groups excluding carboxylic acids is 1. The number of amides is 1. The normalized spacial score (nSPS) is 19.6. The zero-order chi connectivity index (χ0) is 11.5. The lowest BCUT2D eigenvalue weighted by Gasteiger charge is -2.25. The maximum absolute atomic E-state index is 12.3. The van der Waals surface area contributed by atoms with E-state index in [9.17, 15) is 18.0 Å². The van der Waals surface area contributed by atoms with E-state index in [1.807, 2.05) is 0 Å². The molecule has 0 spiro atoms. The Balaban J connectivity index is 0.00000225. The molecule has 7 heteroatoms. The van der Waals surface area contributed by atoms with Gasteiger partial charge in [0.2, 0.25) is 5.91 Å². The summed E-state index contributed by atoms with van der Waals surface area (Å²) in [7, 11) is 0.